The van der Waals surface area contributed by atoms with Gasteiger partial charge in [0.2, 0.25) is 0 Å². The van der Waals surface area contributed by atoms with Gasteiger partial charge in [-0.25, -0.2) is 9.59 Å². The summed E-state index contributed by atoms with van der Waals surface area (Å²) >= 11 is 0. The van der Waals surface area contributed by atoms with Crippen molar-refractivity contribution < 1.29 is 14.7 Å². The predicted molar refractivity (Wildman–Crippen MR) is 78.0 cm³/mol. The van der Waals surface area contributed by atoms with Crippen LogP contribution in [0.3, 0.4) is 0 Å². The Hall–Kier alpha value is -2.48. The molecule has 0 bridgehead atoms. The molecule has 0 heterocycles. The van der Waals surface area contributed by atoms with Gasteiger partial charge >= 0.3 is 12.0 Å². The minimum Gasteiger partial charge on any atom is -0.478 e. The van der Waals surface area contributed by atoms with Gasteiger partial charge in [-0.1, -0.05) is 0 Å². The largest absolute Gasteiger partial charge is 0.478 e. The van der Waals surface area contributed by atoms with Crippen LogP contribution in [0.1, 0.15) is 34.8 Å². The lowest BCUT2D eigenvalue weighted by Gasteiger charge is -2.11. The fraction of sp³-hybridized carbons (Fsp3) is 0.333. The number of hydrogen-bond acceptors (Lipinski definition) is 2. The number of nitrogens with one attached hydrogen (secondary N) is 2. The number of aryl methyl sites for hydroxylation is 1. The SMILES string of the molecule is CC#CCCNC(=O)Nc1cc(C)c(C)c(C(=O)O)c1. The molecule has 0 radical (unpaired) electrons. The first-order valence-electron chi connectivity index (χ1n) is 6.24. The van der Waals surface area contributed by atoms with Crippen LogP contribution in [0.2, 0.25) is 0 Å². The van der Waals surface area contributed by atoms with Crippen molar-refractivity contribution in [3.8, 4) is 11.8 Å². The van der Waals surface area contributed by atoms with Crippen molar-refractivity contribution in [2.24, 2.45) is 0 Å². The number of carbonyl (C=O) groups excluding carboxylic acids is 1. The first-order chi connectivity index (χ1) is 9.45. The van der Waals surface area contributed by atoms with Gasteiger partial charge in [0.05, 0.1) is 5.56 Å². The highest BCUT2D eigenvalue weighted by Crippen LogP contribution is 2.19. The van der Waals surface area contributed by atoms with Crippen LogP contribution in [0.15, 0.2) is 12.1 Å². The van der Waals surface area contributed by atoms with E-state index in [1.807, 2.05) is 6.92 Å². The zero-order chi connectivity index (χ0) is 15.1. The molecule has 0 aliphatic heterocycles. The van der Waals surface area contributed by atoms with E-state index in [0.29, 0.717) is 24.2 Å². The number of rotatable bonds is 4. The van der Waals surface area contributed by atoms with Gasteiger partial charge in [0, 0.05) is 18.7 Å². The summed E-state index contributed by atoms with van der Waals surface area (Å²) in [6.07, 6.45) is 0.581. The lowest BCUT2D eigenvalue weighted by Crippen LogP contribution is -2.29. The molecule has 5 nitrogen and oxygen atoms in total. The average Bonchev–Trinajstić information content (AvgIpc) is 2.38. The van der Waals surface area contributed by atoms with Gasteiger partial charge in [0.1, 0.15) is 0 Å². The molecule has 1 rings (SSSR count). The number of benzene rings is 1. The van der Waals surface area contributed by atoms with Crippen molar-refractivity contribution in [3.05, 3.63) is 28.8 Å². The van der Waals surface area contributed by atoms with Gasteiger partial charge in [-0.3, -0.25) is 0 Å². The lowest BCUT2D eigenvalue weighted by molar-refractivity contribution is 0.0696. The molecule has 0 spiro atoms. The van der Waals surface area contributed by atoms with E-state index in [1.54, 1.807) is 19.9 Å². The lowest BCUT2D eigenvalue weighted by atomic mass is 10.0. The highest BCUT2D eigenvalue weighted by molar-refractivity contribution is 5.94. The third-order valence-electron chi connectivity index (χ3n) is 2.87. The van der Waals surface area contributed by atoms with Crippen LogP contribution < -0.4 is 10.6 Å². The molecule has 106 valence electrons. The van der Waals surface area contributed by atoms with Crippen molar-refractivity contribution in [2.45, 2.75) is 27.2 Å². The van der Waals surface area contributed by atoms with Gasteiger partial charge in [-0.05, 0) is 44.0 Å². The molecule has 0 aliphatic rings. The number of hydrogen-bond donors (Lipinski definition) is 3. The molecule has 1 aromatic rings. The number of urea groups is 1. The van der Waals surface area contributed by atoms with Crippen LogP contribution in [-0.4, -0.2) is 23.7 Å². The molecule has 5 heteroatoms. The second-order valence-electron chi connectivity index (χ2n) is 4.33. The third-order valence-corrected chi connectivity index (χ3v) is 2.87. The van der Waals surface area contributed by atoms with Gasteiger partial charge in [-0.2, -0.15) is 0 Å². The molecule has 0 aliphatic carbocycles. The maximum absolute atomic E-state index is 11.6. The summed E-state index contributed by atoms with van der Waals surface area (Å²) in [6.45, 7) is 5.74. The summed E-state index contributed by atoms with van der Waals surface area (Å²) in [5, 5.41) is 14.4. The first-order valence-corrected chi connectivity index (χ1v) is 6.24. The fourth-order valence-electron chi connectivity index (χ4n) is 1.69. The number of carbonyl (C=O) groups is 2. The fourth-order valence-corrected chi connectivity index (χ4v) is 1.69. The zero-order valence-electron chi connectivity index (χ0n) is 11.8. The van der Waals surface area contributed by atoms with Crippen LogP contribution in [0.5, 0.6) is 0 Å². The first kappa shape index (κ1) is 15.6. The van der Waals surface area contributed by atoms with E-state index in [9.17, 15) is 9.59 Å². The average molecular weight is 274 g/mol. The Bertz CT molecular complexity index is 583. The zero-order valence-corrected chi connectivity index (χ0v) is 11.8. The predicted octanol–water partition coefficient (Wildman–Crippen LogP) is 2.54. The molecule has 2 amide bonds. The number of carboxylic acid groups (broad SMARTS) is 1. The van der Waals surface area contributed by atoms with Crippen molar-refractivity contribution in [2.75, 3.05) is 11.9 Å². The maximum Gasteiger partial charge on any atom is 0.336 e. The number of anilines is 1. The van der Waals surface area contributed by atoms with Crippen LogP contribution in [0.25, 0.3) is 0 Å². The van der Waals surface area contributed by atoms with Crippen molar-refractivity contribution in [1.82, 2.24) is 5.32 Å². The van der Waals surface area contributed by atoms with E-state index in [1.165, 1.54) is 6.07 Å². The molecule has 1 aromatic carbocycles. The Balaban J connectivity index is 2.74. The van der Waals surface area contributed by atoms with Crippen molar-refractivity contribution >= 4 is 17.7 Å². The standard InChI is InChI=1S/C15H18N2O3/c1-4-5-6-7-16-15(20)17-12-8-10(2)11(3)13(9-12)14(18)19/h8-9H,6-7H2,1-3H3,(H,18,19)(H2,16,17,20). The molecular formula is C15H18N2O3. The minimum atomic E-state index is -1.01. The van der Waals surface area contributed by atoms with Crippen molar-refractivity contribution in [1.29, 1.82) is 0 Å². The number of carboxylic acids is 1. The second-order valence-corrected chi connectivity index (χ2v) is 4.33. The summed E-state index contributed by atoms with van der Waals surface area (Å²) in [6, 6.07) is 2.83. The van der Waals surface area contributed by atoms with Crippen LogP contribution in [-0.2, 0) is 0 Å². The Labute approximate surface area is 118 Å². The Morgan fingerprint density at radius 1 is 1.30 bits per heavy atom. The van der Waals surface area contributed by atoms with Gasteiger partial charge in [0.25, 0.3) is 0 Å². The van der Waals surface area contributed by atoms with E-state index in [4.69, 9.17) is 5.11 Å². The summed E-state index contributed by atoms with van der Waals surface area (Å²) in [5.74, 6) is 4.57. The molecule has 3 N–H and O–H groups in total. The quantitative estimate of drug-likeness (QED) is 0.583. The Morgan fingerprint density at radius 3 is 2.60 bits per heavy atom. The van der Waals surface area contributed by atoms with Crippen LogP contribution >= 0.6 is 0 Å². The highest BCUT2D eigenvalue weighted by Gasteiger charge is 2.12. The molecule has 0 saturated heterocycles. The van der Waals surface area contributed by atoms with E-state index in [0.717, 1.165) is 5.56 Å². The summed E-state index contributed by atoms with van der Waals surface area (Å²) in [7, 11) is 0. The molecule has 0 atom stereocenters. The van der Waals surface area contributed by atoms with Gasteiger partial charge in [0.15, 0.2) is 0 Å². The van der Waals surface area contributed by atoms with E-state index >= 15 is 0 Å². The number of aromatic carboxylic acids is 1. The van der Waals surface area contributed by atoms with Gasteiger partial charge < -0.3 is 15.7 Å². The second kappa shape index (κ2) is 7.19. The van der Waals surface area contributed by atoms with Crippen molar-refractivity contribution in [3.63, 3.8) is 0 Å². The normalized spacial score (nSPS) is 9.35. The Kier molecular flexibility index (Phi) is 5.60. The maximum atomic E-state index is 11.6. The summed E-state index contributed by atoms with van der Waals surface area (Å²) < 4.78 is 0. The summed E-state index contributed by atoms with van der Waals surface area (Å²) in [5.41, 5.74) is 2.17. The molecule has 0 aromatic heterocycles. The molecule has 20 heavy (non-hydrogen) atoms. The van der Waals surface area contributed by atoms with E-state index < -0.39 is 5.97 Å². The van der Waals surface area contributed by atoms with Crippen LogP contribution in [0, 0.1) is 25.7 Å². The van der Waals surface area contributed by atoms with E-state index in [-0.39, 0.29) is 11.6 Å². The van der Waals surface area contributed by atoms with E-state index in [2.05, 4.69) is 22.5 Å². The summed E-state index contributed by atoms with van der Waals surface area (Å²) in [4.78, 5) is 22.7. The van der Waals surface area contributed by atoms with Crippen LogP contribution in [0.4, 0.5) is 10.5 Å². The third kappa shape index (κ3) is 4.32. The monoisotopic (exact) mass is 274 g/mol. The molecule has 0 fully saturated rings. The minimum absolute atomic E-state index is 0.192. The molecular weight excluding hydrogens is 256 g/mol. The number of amides is 2. The highest BCUT2D eigenvalue weighted by atomic mass is 16.4. The Morgan fingerprint density at radius 2 is 2.00 bits per heavy atom. The smallest absolute Gasteiger partial charge is 0.336 e. The topological polar surface area (TPSA) is 78.4 Å². The van der Waals surface area contributed by atoms with Gasteiger partial charge in [-0.15, -0.1) is 11.8 Å². The molecule has 0 unspecified atom stereocenters. The molecule has 0 saturated carbocycles.